The Bertz CT molecular complexity index is 149. The number of likely N-dealkylation sites (N-methyl/N-ethyl adjacent to an activating group) is 1. The molecule has 0 saturated carbocycles. The van der Waals surface area contributed by atoms with Crippen LogP contribution in [0.5, 0.6) is 0 Å². The number of rotatable bonds is 3. The molecule has 1 unspecified atom stereocenters. The van der Waals surface area contributed by atoms with Gasteiger partial charge in [-0.15, -0.1) is 0 Å². The van der Waals surface area contributed by atoms with Crippen LogP contribution in [0.3, 0.4) is 0 Å². The van der Waals surface area contributed by atoms with Crippen LogP contribution in [0.2, 0.25) is 0 Å². The van der Waals surface area contributed by atoms with Gasteiger partial charge in [0.25, 0.3) is 0 Å². The summed E-state index contributed by atoms with van der Waals surface area (Å²) in [7, 11) is 0. The molecule has 0 aliphatic carbocycles. The van der Waals surface area contributed by atoms with Gasteiger partial charge >= 0.3 is 0 Å². The molecule has 1 atom stereocenters. The van der Waals surface area contributed by atoms with Gasteiger partial charge < -0.3 is 0 Å². The average Bonchev–Trinajstić information content (AvgIpc) is 2.34. The summed E-state index contributed by atoms with van der Waals surface area (Å²) in [6.45, 7) is 4.15. The Morgan fingerprint density at radius 3 is 3.00 bits per heavy atom. The first-order chi connectivity index (χ1) is 5.24. The monoisotopic (exact) mass is 158 g/mol. The van der Waals surface area contributed by atoms with E-state index in [0.717, 1.165) is 25.9 Å². The van der Waals surface area contributed by atoms with E-state index in [-0.39, 0.29) is 17.5 Å². The van der Waals surface area contributed by atoms with E-state index in [2.05, 4.69) is 11.8 Å². The van der Waals surface area contributed by atoms with Gasteiger partial charge in [0, 0.05) is 4.92 Å². The summed E-state index contributed by atoms with van der Waals surface area (Å²) >= 11 is 0. The fraction of sp³-hybridized carbons (Fsp3) is 1.00. The van der Waals surface area contributed by atoms with Crippen LogP contribution in [0.25, 0.3) is 0 Å². The predicted molar refractivity (Wildman–Crippen MR) is 42.1 cm³/mol. The van der Waals surface area contributed by atoms with Crippen molar-refractivity contribution in [3.8, 4) is 0 Å². The largest absolute Gasteiger partial charge is 0.295 e. The minimum absolute atomic E-state index is 0.119. The lowest BCUT2D eigenvalue weighted by Gasteiger charge is -2.18. The normalized spacial score (nSPS) is 25.7. The Hall–Kier alpha value is -0.640. The molecule has 0 amide bonds. The van der Waals surface area contributed by atoms with Crippen molar-refractivity contribution < 1.29 is 4.92 Å². The van der Waals surface area contributed by atoms with E-state index < -0.39 is 0 Å². The molecule has 0 radical (unpaired) electrons. The molecule has 1 heterocycles. The number of nitrogens with zero attached hydrogens (tertiary/aromatic N) is 2. The van der Waals surface area contributed by atoms with Gasteiger partial charge in [0.1, 0.15) is 0 Å². The Kier molecular flexibility index (Phi) is 2.82. The molecule has 4 heteroatoms. The van der Waals surface area contributed by atoms with Gasteiger partial charge in [0.2, 0.25) is 6.54 Å². The van der Waals surface area contributed by atoms with Gasteiger partial charge in [-0.05, 0) is 25.9 Å². The van der Waals surface area contributed by atoms with E-state index in [4.69, 9.17) is 0 Å². The van der Waals surface area contributed by atoms with Crippen molar-refractivity contribution in [2.24, 2.45) is 0 Å². The van der Waals surface area contributed by atoms with E-state index in [1.807, 2.05) is 0 Å². The highest BCUT2D eigenvalue weighted by Gasteiger charge is 2.26. The molecule has 0 aromatic carbocycles. The summed E-state index contributed by atoms with van der Waals surface area (Å²) in [5, 5.41) is 10.2. The van der Waals surface area contributed by atoms with Crippen molar-refractivity contribution in [1.82, 2.24) is 4.90 Å². The Balaban J connectivity index is 2.37. The first-order valence-corrected chi connectivity index (χ1v) is 4.10. The van der Waals surface area contributed by atoms with Crippen molar-refractivity contribution in [2.45, 2.75) is 25.8 Å². The van der Waals surface area contributed by atoms with Gasteiger partial charge in [-0.2, -0.15) is 0 Å². The number of hydrogen-bond donors (Lipinski definition) is 0. The van der Waals surface area contributed by atoms with Crippen molar-refractivity contribution in [1.29, 1.82) is 0 Å². The maximum absolute atomic E-state index is 10.2. The van der Waals surface area contributed by atoms with E-state index in [0.29, 0.717) is 0 Å². The predicted octanol–water partition coefficient (Wildman–Crippen LogP) is 0.747. The van der Waals surface area contributed by atoms with Crippen LogP contribution < -0.4 is 0 Å². The van der Waals surface area contributed by atoms with Gasteiger partial charge in [0.05, 0.1) is 6.04 Å². The topological polar surface area (TPSA) is 46.4 Å². The van der Waals surface area contributed by atoms with Crippen molar-refractivity contribution in [3.63, 3.8) is 0 Å². The molecule has 1 rings (SSSR count). The summed E-state index contributed by atoms with van der Waals surface area (Å²) < 4.78 is 0. The highest BCUT2D eigenvalue weighted by Crippen LogP contribution is 2.16. The Morgan fingerprint density at radius 2 is 2.45 bits per heavy atom. The van der Waals surface area contributed by atoms with Crippen LogP contribution in [0.15, 0.2) is 0 Å². The van der Waals surface area contributed by atoms with E-state index in [1.165, 1.54) is 0 Å². The van der Waals surface area contributed by atoms with Gasteiger partial charge in [-0.25, -0.2) is 0 Å². The molecular weight excluding hydrogens is 144 g/mol. The summed E-state index contributed by atoms with van der Waals surface area (Å²) in [5.74, 6) is 0. The zero-order valence-corrected chi connectivity index (χ0v) is 6.82. The molecule has 1 fully saturated rings. The van der Waals surface area contributed by atoms with Crippen LogP contribution >= 0.6 is 0 Å². The maximum Gasteiger partial charge on any atom is 0.219 e. The Morgan fingerprint density at radius 1 is 1.73 bits per heavy atom. The quantitative estimate of drug-likeness (QED) is 0.449. The third kappa shape index (κ3) is 2.15. The van der Waals surface area contributed by atoms with Gasteiger partial charge in [0.15, 0.2) is 0 Å². The lowest BCUT2D eigenvalue weighted by molar-refractivity contribution is -0.486. The van der Waals surface area contributed by atoms with E-state index in [9.17, 15) is 10.1 Å². The minimum Gasteiger partial charge on any atom is -0.295 e. The molecule has 4 nitrogen and oxygen atoms in total. The fourth-order valence-electron chi connectivity index (χ4n) is 1.69. The summed E-state index contributed by atoms with van der Waals surface area (Å²) in [5.41, 5.74) is 0. The van der Waals surface area contributed by atoms with Crippen LogP contribution in [-0.4, -0.2) is 35.5 Å². The highest BCUT2D eigenvalue weighted by atomic mass is 16.6. The summed E-state index contributed by atoms with van der Waals surface area (Å²) in [6.07, 6.45) is 2.11. The molecule has 1 aliphatic heterocycles. The third-order valence-corrected chi connectivity index (χ3v) is 2.27. The molecule has 0 N–H and O–H groups in total. The Labute approximate surface area is 66.3 Å². The standard InChI is InChI=1S/C7H14N2O2/c1-2-8-5-3-4-7(8)6-9(10)11/h7H,2-6H2,1H3. The molecule has 0 aromatic rings. The van der Waals surface area contributed by atoms with Crippen LogP contribution in [-0.2, 0) is 0 Å². The zero-order chi connectivity index (χ0) is 8.27. The molecule has 11 heavy (non-hydrogen) atoms. The zero-order valence-electron chi connectivity index (χ0n) is 6.82. The van der Waals surface area contributed by atoms with Crippen molar-refractivity contribution in [3.05, 3.63) is 10.1 Å². The minimum atomic E-state index is -0.210. The first kappa shape index (κ1) is 8.46. The lowest BCUT2D eigenvalue weighted by atomic mass is 10.2. The van der Waals surface area contributed by atoms with Crippen molar-refractivity contribution >= 4 is 0 Å². The smallest absolute Gasteiger partial charge is 0.219 e. The van der Waals surface area contributed by atoms with E-state index in [1.54, 1.807) is 0 Å². The maximum atomic E-state index is 10.2. The number of hydrogen-bond acceptors (Lipinski definition) is 3. The van der Waals surface area contributed by atoms with Crippen LogP contribution in [0.4, 0.5) is 0 Å². The lowest BCUT2D eigenvalue weighted by Crippen LogP contribution is -2.34. The molecule has 64 valence electrons. The molecule has 0 aromatic heterocycles. The fourth-order valence-corrected chi connectivity index (χ4v) is 1.69. The SMILES string of the molecule is CCN1CCCC1C[N+](=O)[O-]. The first-order valence-electron chi connectivity index (χ1n) is 4.10. The highest BCUT2D eigenvalue weighted by molar-refractivity contribution is 4.77. The number of nitro groups is 1. The van der Waals surface area contributed by atoms with Crippen molar-refractivity contribution in [2.75, 3.05) is 19.6 Å². The van der Waals surface area contributed by atoms with E-state index >= 15 is 0 Å². The summed E-state index contributed by atoms with van der Waals surface area (Å²) in [6, 6.07) is 0.204. The molecule has 1 aliphatic rings. The average molecular weight is 158 g/mol. The van der Waals surface area contributed by atoms with Crippen LogP contribution in [0, 0.1) is 10.1 Å². The van der Waals surface area contributed by atoms with Gasteiger partial charge in [-0.3, -0.25) is 15.0 Å². The molecule has 0 bridgehead atoms. The third-order valence-electron chi connectivity index (χ3n) is 2.27. The second kappa shape index (κ2) is 3.67. The molecule has 1 saturated heterocycles. The van der Waals surface area contributed by atoms with Crippen LogP contribution in [0.1, 0.15) is 19.8 Å². The number of likely N-dealkylation sites (tertiary alicyclic amines) is 1. The second-order valence-corrected chi connectivity index (χ2v) is 2.94. The summed E-state index contributed by atoms with van der Waals surface area (Å²) in [4.78, 5) is 12.2. The second-order valence-electron chi connectivity index (χ2n) is 2.94. The van der Waals surface area contributed by atoms with Gasteiger partial charge in [-0.1, -0.05) is 6.92 Å². The molecular formula is C7H14N2O2. The molecule has 0 spiro atoms.